The minimum atomic E-state index is 0.0750. The summed E-state index contributed by atoms with van der Waals surface area (Å²) in [5.41, 5.74) is 3.36. The van der Waals surface area contributed by atoms with E-state index in [0.29, 0.717) is 19.5 Å². The van der Waals surface area contributed by atoms with Gasteiger partial charge in [-0.1, -0.05) is 49.4 Å². The Kier molecular flexibility index (Phi) is 9.59. The summed E-state index contributed by atoms with van der Waals surface area (Å²) in [4.78, 5) is 14.8. The number of ether oxygens (including phenoxy) is 3. The number of benzene rings is 3. The van der Waals surface area contributed by atoms with Crippen molar-refractivity contribution < 1.29 is 19.0 Å². The Balaban J connectivity index is 1.83. The molecule has 5 nitrogen and oxygen atoms in total. The highest BCUT2D eigenvalue weighted by Crippen LogP contribution is 2.35. The van der Waals surface area contributed by atoms with Crippen LogP contribution in [0.5, 0.6) is 17.2 Å². The maximum absolute atomic E-state index is 12.9. The SMILES string of the molecule is CCC(=O)N(CC[C@@H](c1ccc(OC)cc1)c1ccccc1OC)Cc1ccc(OC(C)C)cc1. The number of hydrogen-bond donors (Lipinski definition) is 0. The first-order chi connectivity index (χ1) is 16.9. The average molecular weight is 476 g/mol. The Labute approximate surface area is 209 Å². The smallest absolute Gasteiger partial charge is 0.222 e. The second-order valence-corrected chi connectivity index (χ2v) is 8.84. The second kappa shape index (κ2) is 12.8. The predicted octanol–water partition coefficient (Wildman–Crippen LogP) is 6.45. The monoisotopic (exact) mass is 475 g/mol. The van der Waals surface area contributed by atoms with Crippen molar-refractivity contribution in [1.29, 1.82) is 0 Å². The lowest BCUT2D eigenvalue weighted by Crippen LogP contribution is -2.31. The molecule has 1 atom stereocenters. The van der Waals surface area contributed by atoms with E-state index in [1.807, 2.05) is 80.3 Å². The number of amides is 1. The summed E-state index contributed by atoms with van der Waals surface area (Å²) in [5.74, 6) is 2.72. The van der Waals surface area contributed by atoms with Gasteiger partial charge in [-0.05, 0) is 61.7 Å². The maximum Gasteiger partial charge on any atom is 0.222 e. The molecular weight excluding hydrogens is 438 g/mol. The molecule has 0 heterocycles. The Hall–Kier alpha value is -3.47. The predicted molar refractivity (Wildman–Crippen MR) is 140 cm³/mol. The van der Waals surface area contributed by atoms with Crippen LogP contribution < -0.4 is 14.2 Å². The summed E-state index contributed by atoms with van der Waals surface area (Å²) in [7, 11) is 3.37. The lowest BCUT2D eigenvalue weighted by atomic mass is 9.87. The Bertz CT molecular complexity index is 1060. The molecule has 0 bridgehead atoms. The van der Waals surface area contributed by atoms with Crippen molar-refractivity contribution in [3.63, 3.8) is 0 Å². The first kappa shape index (κ1) is 26.1. The number of hydrogen-bond acceptors (Lipinski definition) is 4. The average Bonchev–Trinajstić information content (AvgIpc) is 2.89. The van der Waals surface area contributed by atoms with Crippen molar-refractivity contribution in [2.24, 2.45) is 0 Å². The van der Waals surface area contributed by atoms with Crippen LogP contribution in [0.15, 0.2) is 72.8 Å². The van der Waals surface area contributed by atoms with Gasteiger partial charge in [-0.15, -0.1) is 0 Å². The van der Waals surface area contributed by atoms with E-state index < -0.39 is 0 Å². The third kappa shape index (κ3) is 7.25. The molecule has 0 fully saturated rings. The van der Waals surface area contributed by atoms with E-state index in [4.69, 9.17) is 14.2 Å². The van der Waals surface area contributed by atoms with Gasteiger partial charge < -0.3 is 19.1 Å². The number of nitrogens with zero attached hydrogens (tertiary/aromatic N) is 1. The van der Waals surface area contributed by atoms with Crippen LogP contribution in [0.2, 0.25) is 0 Å². The molecule has 0 aliphatic carbocycles. The summed E-state index contributed by atoms with van der Waals surface area (Å²) in [6.45, 7) is 7.13. The van der Waals surface area contributed by atoms with E-state index in [2.05, 4.69) is 18.2 Å². The molecule has 0 spiro atoms. The molecule has 0 aromatic heterocycles. The Morgan fingerprint density at radius 3 is 2.11 bits per heavy atom. The van der Waals surface area contributed by atoms with Crippen LogP contribution >= 0.6 is 0 Å². The van der Waals surface area contributed by atoms with Gasteiger partial charge in [0.25, 0.3) is 0 Å². The number of carbonyl (C=O) groups excluding carboxylic acids is 1. The highest BCUT2D eigenvalue weighted by molar-refractivity contribution is 5.75. The van der Waals surface area contributed by atoms with Crippen LogP contribution in [0, 0.1) is 0 Å². The van der Waals surface area contributed by atoms with Crippen molar-refractivity contribution in [3.05, 3.63) is 89.5 Å². The summed E-state index contributed by atoms with van der Waals surface area (Å²) < 4.78 is 16.8. The molecule has 0 saturated carbocycles. The molecular formula is C30H37NO4. The van der Waals surface area contributed by atoms with Crippen LogP contribution in [0.4, 0.5) is 0 Å². The number of para-hydroxylation sites is 1. The topological polar surface area (TPSA) is 48.0 Å². The highest BCUT2D eigenvalue weighted by Gasteiger charge is 2.21. The molecule has 0 aliphatic heterocycles. The molecule has 0 radical (unpaired) electrons. The fourth-order valence-electron chi connectivity index (χ4n) is 4.26. The van der Waals surface area contributed by atoms with Crippen LogP contribution in [0.3, 0.4) is 0 Å². The van der Waals surface area contributed by atoms with Crippen LogP contribution in [-0.4, -0.2) is 37.7 Å². The summed E-state index contributed by atoms with van der Waals surface area (Å²) >= 11 is 0. The standard InChI is InChI=1S/C30H37NO4/c1-6-30(32)31(21-23-11-15-26(16-12-23)35-22(2)3)20-19-27(24-13-17-25(33-4)18-14-24)28-9-7-8-10-29(28)34-5/h7-18,22,27H,6,19-21H2,1-5H3/t27-/m0/s1. The fourth-order valence-corrected chi connectivity index (χ4v) is 4.26. The largest absolute Gasteiger partial charge is 0.497 e. The van der Waals surface area contributed by atoms with Gasteiger partial charge in [-0.2, -0.15) is 0 Å². The fraction of sp³-hybridized carbons (Fsp3) is 0.367. The van der Waals surface area contributed by atoms with Gasteiger partial charge in [-0.3, -0.25) is 4.79 Å². The molecule has 5 heteroatoms. The Morgan fingerprint density at radius 2 is 1.51 bits per heavy atom. The van der Waals surface area contributed by atoms with Crippen molar-refractivity contribution in [1.82, 2.24) is 4.90 Å². The van der Waals surface area contributed by atoms with Gasteiger partial charge in [0.05, 0.1) is 20.3 Å². The lowest BCUT2D eigenvalue weighted by Gasteiger charge is -2.27. The normalized spacial score (nSPS) is 11.7. The maximum atomic E-state index is 12.9. The molecule has 3 aromatic carbocycles. The van der Waals surface area contributed by atoms with Gasteiger partial charge in [0, 0.05) is 31.0 Å². The van der Waals surface area contributed by atoms with E-state index in [9.17, 15) is 4.79 Å². The molecule has 186 valence electrons. The van der Waals surface area contributed by atoms with Gasteiger partial charge in [-0.25, -0.2) is 0 Å². The summed E-state index contributed by atoms with van der Waals surface area (Å²) in [5, 5.41) is 0. The minimum absolute atomic E-state index is 0.0750. The molecule has 0 aliphatic rings. The number of rotatable bonds is 12. The molecule has 3 aromatic rings. The number of methoxy groups -OCH3 is 2. The first-order valence-electron chi connectivity index (χ1n) is 12.2. The van der Waals surface area contributed by atoms with E-state index in [-0.39, 0.29) is 17.9 Å². The van der Waals surface area contributed by atoms with E-state index >= 15 is 0 Å². The van der Waals surface area contributed by atoms with Crippen LogP contribution in [0.1, 0.15) is 56.2 Å². The van der Waals surface area contributed by atoms with Crippen LogP contribution in [0.25, 0.3) is 0 Å². The minimum Gasteiger partial charge on any atom is -0.497 e. The summed E-state index contributed by atoms with van der Waals surface area (Å²) in [6, 6.07) is 24.3. The van der Waals surface area contributed by atoms with Gasteiger partial charge in [0.15, 0.2) is 0 Å². The second-order valence-electron chi connectivity index (χ2n) is 8.84. The zero-order chi connectivity index (χ0) is 25.2. The first-order valence-corrected chi connectivity index (χ1v) is 12.2. The molecule has 35 heavy (non-hydrogen) atoms. The molecule has 3 rings (SSSR count). The zero-order valence-corrected chi connectivity index (χ0v) is 21.5. The van der Waals surface area contributed by atoms with E-state index in [1.54, 1.807) is 14.2 Å². The third-order valence-electron chi connectivity index (χ3n) is 6.04. The zero-order valence-electron chi connectivity index (χ0n) is 21.5. The third-order valence-corrected chi connectivity index (χ3v) is 6.04. The molecule has 0 saturated heterocycles. The molecule has 0 N–H and O–H groups in total. The highest BCUT2D eigenvalue weighted by atomic mass is 16.5. The molecule has 1 amide bonds. The van der Waals surface area contributed by atoms with Crippen molar-refractivity contribution in [2.45, 2.75) is 52.2 Å². The van der Waals surface area contributed by atoms with Gasteiger partial charge >= 0.3 is 0 Å². The van der Waals surface area contributed by atoms with Crippen molar-refractivity contribution in [2.75, 3.05) is 20.8 Å². The van der Waals surface area contributed by atoms with Crippen molar-refractivity contribution >= 4 is 5.91 Å². The van der Waals surface area contributed by atoms with E-state index in [0.717, 1.165) is 40.4 Å². The lowest BCUT2D eigenvalue weighted by molar-refractivity contribution is -0.131. The van der Waals surface area contributed by atoms with Crippen LogP contribution in [-0.2, 0) is 11.3 Å². The van der Waals surface area contributed by atoms with E-state index in [1.165, 1.54) is 0 Å². The molecule has 0 unspecified atom stereocenters. The van der Waals surface area contributed by atoms with Crippen molar-refractivity contribution in [3.8, 4) is 17.2 Å². The quantitative estimate of drug-likeness (QED) is 0.302. The van der Waals surface area contributed by atoms with Gasteiger partial charge in [0.2, 0.25) is 5.91 Å². The Morgan fingerprint density at radius 1 is 0.857 bits per heavy atom. The number of carbonyl (C=O) groups is 1. The summed E-state index contributed by atoms with van der Waals surface area (Å²) in [6.07, 6.45) is 1.37. The van der Waals surface area contributed by atoms with Gasteiger partial charge in [0.1, 0.15) is 17.2 Å².